The number of nitrogens with zero attached hydrogens (tertiary/aromatic N) is 1. The standard InChI is InChI=1S/C17H31N3O.HI/c1-3-21-15-12-14(17(15)10-6-7-11-17)20-16(18-2)19-13-8-4-5-9-13;/h13-15H,3-12H2,1-2H3,(H2,18,19,20);1H. The van der Waals surface area contributed by atoms with E-state index in [-0.39, 0.29) is 24.0 Å². The molecule has 1 spiro atoms. The lowest BCUT2D eigenvalue weighted by molar-refractivity contribution is -0.125. The molecule has 0 aliphatic heterocycles. The molecule has 2 N–H and O–H groups in total. The van der Waals surface area contributed by atoms with Gasteiger partial charge < -0.3 is 15.4 Å². The van der Waals surface area contributed by atoms with Crippen molar-refractivity contribution in [3.8, 4) is 0 Å². The number of halogens is 1. The molecule has 0 bridgehead atoms. The first kappa shape index (κ1) is 18.3. The van der Waals surface area contributed by atoms with Crippen LogP contribution in [0.2, 0.25) is 0 Å². The molecule has 3 saturated carbocycles. The normalized spacial score (nSPS) is 30.9. The monoisotopic (exact) mass is 421 g/mol. The molecule has 0 aromatic heterocycles. The van der Waals surface area contributed by atoms with Gasteiger partial charge in [-0.3, -0.25) is 4.99 Å². The molecule has 4 nitrogen and oxygen atoms in total. The Kier molecular flexibility index (Phi) is 6.80. The maximum atomic E-state index is 5.99. The van der Waals surface area contributed by atoms with Gasteiger partial charge in [-0.05, 0) is 39.0 Å². The summed E-state index contributed by atoms with van der Waals surface area (Å²) in [6, 6.07) is 1.17. The third-order valence-electron chi connectivity index (χ3n) is 5.92. The second-order valence-corrected chi connectivity index (χ2v) is 7.01. The fourth-order valence-electron chi connectivity index (χ4n) is 4.69. The summed E-state index contributed by atoms with van der Waals surface area (Å²) in [7, 11) is 1.89. The Morgan fingerprint density at radius 2 is 1.82 bits per heavy atom. The fraction of sp³-hybridized carbons (Fsp3) is 0.941. The summed E-state index contributed by atoms with van der Waals surface area (Å²) in [5.41, 5.74) is 0.378. The zero-order valence-electron chi connectivity index (χ0n) is 14.1. The van der Waals surface area contributed by atoms with Crippen LogP contribution in [0.1, 0.15) is 64.7 Å². The largest absolute Gasteiger partial charge is 0.378 e. The Hall–Kier alpha value is -0.0400. The fourth-order valence-corrected chi connectivity index (χ4v) is 4.69. The Balaban J connectivity index is 0.00000176. The highest BCUT2D eigenvalue weighted by Gasteiger charge is 2.57. The minimum Gasteiger partial charge on any atom is -0.378 e. The van der Waals surface area contributed by atoms with Crippen molar-refractivity contribution < 1.29 is 4.74 Å². The van der Waals surface area contributed by atoms with E-state index in [0.717, 1.165) is 19.0 Å². The zero-order valence-corrected chi connectivity index (χ0v) is 16.4. The van der Waals surface area contributed by atoms with E-state index in [1.165, 1.54) is 51.4 Å². The predicted molar refractivity (Wildman–Crippen MR) is 102 cm³/mol. The van der Waals surface area contributed by atoms with Gasteiger partial charge in [0.05, 0.1) is 6.10 Å². The van der Waals surface area contributed by atoms with E-state index in [4.69, 9.17) is 4.74 Å². The van der Waals surface area contributed by atoms with E-state index >= 15 is 0 Å². The summed E-state index contributed by atoms with van der Waals surface area (Å²) in [4.78, 5) is 4.45. The third kappa shape index (κ3) is 3.55. The quantitative estimate of drug-likeness (QED) is 0.415. The minimum atomic E-state index is 0. The van der Waals surface area contributed by atoms with Crippen molar-refractivity contribution in [2.45, 2.75) is 82.9 Å². The van der Waals surface area contributed by atoms with E-state index in [1.54, 1.807) is 0 Å². The van der Waals surface area contributed by atoms with Gasteiger partial charge in [-0.1, -0.05) is 25.7 Å². The first-order chi connectivity index (χ1) is 10.3. The van der Waals surface area contributed by atoms with Gasteiger partial charge in [0, 0.05) is 31.2 Å². The summed E-state index contributed by atoms with van der Waals surface area (Å²) in [6.45, 7) is 2.96. The maximum absolute atomic E-state index is 5.99. The van der Waals surface area contributed by atoms with Crippen LogP contribution in [0, 0.1) is 5.41 Å². The van der Waals surface area contributed by atoms with E-state index in [1.807, 2.05) is 7.05 Å². The summed E-state index contributed by atoms with van der Waals surface area (Å²) >= 11 is 0. The lowest BCUT2D eigenvalue weighted by atomic mass is 9.60. The predicted octanol–water partition coefficient (Wildman–Crippen LogP) is 3.45. The van der Waals surface area contributed by atoms with E-state index in [9.17, 15) is 0 Å². The van der Waals surface area contributed by atoms with Crippen molar-refractivity contribution in [1.82, 2.24) is 10.6 Å². The molecule has 0 saturated heterocycles. The molecule has 0 aromatic carbocycles. The summed E-state index contributed by atoms with van der Waals surface area (Å²) < 4.78 is 5.99. The molecule has 5 heteroatoms. The molecule has 0 radical (unpaired) electrons. The Labute approximate surface area is 152 Å². The van der Waals surface area contributed by atoms with Crippen molar-refractivity contribution >= 4 is 29.9 Å². The molecule has 2 atom stereocenters. The van der Waals surface area contributed by atoms with Gasteiger partial charge in [0.2, 0.25) is 0 Å². The van der Waals surface area contributed by atoms with Crippen LogP contribution >= 0.6 is 24.0 Å². The Morgan fingerprint density at radius 1 is 1.14 bits per heavy atom. The molecule has 3 rings (SSSR count). The van der Waals surface area contributed by atoms with E-state index in [2.05, 4.69) is 22.5 Å². The lowest BCUT2D eigenvalue weighted by Gasteiger charge is -2.54. The van der Waals surface area contributed by atoms with Gasteiger partial charge in [-0.25, -0.2) is 0 Å². The second-order valence-electron chi connectivity index (χ2n) is 7.01. The Morgan fingerprint density at radius 3 is 2.41 bits per heavy atom. The number of rotatable bonds is 4. The van der Waals surface area contributed by atoms with Crippen molar-refractivity contribution in [2.24, 2.45) is 10.4 Å². The number of guanidine groups is 1. The first-order valence-corrected chi connectivity index (χ1v) is 8.90. The van der Waals surface area contributed by atoms with Crippen LogP contribution in [0.15, 0.2) is 4.99 Å². The Bertz CT molecular complexity index is 376. The van der Waals surface area contributed by atoms with Crippen LogP contribution in [0.4, 0.5) is 0 Å². The average Bonchev–Trinajstić information content (AvgIpc) is 3.17. The highest BCUT2D eigenvalue weighted by atomic mass is 127. The summed E-state index contributed by atoms with van der Waals surface area (Å²) in [5, 5.41) is 7.33. The molecule has 0 heterocycles. The van der Waals surface area contributed by atoms with Crippen molar-refractivity contribution in [2.75, 3.05) is 13.7 Å². The number of aliphatic imine (C=N–C) groups is 1. The lowest BCUT2D eigenvalue weighted by Crippen LogP contribution is -2.65. The van der Waals surface area contributed by atoms with Crippen molar-refractivity contribution in [3.05, 3.63) is 0 Å². The highest BCUT2D eigenvalue weighted by molar-refractivity contribution is 14.0. The highest BCUT2D eigenvalue weighted by Crippen LogP contribution is 2.54. The molecule has 3 aliphatic carbocycles. The molecular formula is C17H32IN3O. The molecule has 128 valence electrons. The van der Waals surface area contributed by atoms with Gasteiger partial charge >= 0.3 is 0 Å². The van der Waals surface area contributed by atoms with Crippen LogP contribution in [0.25, 0.3) is 0 Å². The van der Waals surface area contributed by atoms with E-state index < -0.39 is 0 Å². The van der Waals surface area contributed by atoms with Crippen molar-refractivity contribution in [3.63, 3.8) is 0 Å². The molecule has 3 aliphatic rings. The first-order valence-electron chi connectivity index (χ1n) is 8.90. The average molecular weight is 421 g/mol. The number of hydrogen-bond donors (Lipinski definition) is 2. The van der Waals surface area contributed by atoms with Crippen LogP contribution in [-0.2, 0) is 4.74 Å². The molecular weight excluding hydrogens is 389 g/mol. The number of nitrogens with one attached hydrogen (secondary N) is 2. The van der Waals surface area contributed by atoms with Crippen LogP contribution in [0.3, 0.4) is 0 Å². The molecule has 0 amide bonds. The molecule has 2 unspecified atom stereocenters. The maximum Gasteiger partial charge on any atom is 0.191 e. The van der Waals surface area contributed by atoms with Crippen LogP contribution in [-0.4, -0.2) is 37.8 Å². The summed E-state index contributed by atoms with van der Waals surface area (Å²) in [6.07, 6.45) is 12.2. The second kappa shape index (κ2) is 8.18. The number of ether oxygens (including phenoxy) is 1. The van der Waals surface area contributed by atoms with E-state index in [0.29, 0.717) is 23.6 Å². The molecule has 22 heavy (non-hydrogen) atoms. The van der Waals surface area contributed by atoms with Gasteiger partial charge in [-0.15, -0.1) is 24.0 Å². The van der Waals surface area contributed by atoms with Gasteiger partial charge in [-0.2, -0.15) is 0 Å². The van der Waals surface area contributed by atoms with Gasteiger partial charge in [0.25, 0.3) is 0 Å². The number of hydrogen-bond acceptors (Lipinski definition) is 2. The van der Waals surface area contributed by atoms with Crippen LogP contribution < -0.4 is 10.6 Å². The minimum absolute atomic E-state index is 0. The smallest absolute Gasteiger partial charge is 0.191 e. The van der Waals surface area contributed by atoms with Crippen molar-refractivity contribution in [1.29, 1.82) is 0 Å². The van der Waals surface area contributed by atoms with Gasteiger partial charge in [0.15, 0.2) is 5.96 Å². The molecule has 3 fully saturated rings. The topological polar surface area (TPSA) is 45.6 Å². The van der Waals surface area contributed by atoms with Gasteiger partial charge in [0.1, 0.15) is 0 Å². The SMILES string of the molecule is CCOC1CC(NC(=NC)NC2CCCC2)C12CCCC2.I. The zero-order chi connectivity index (χ0) is 14.7. The molecule has 0 aromatic rings. The summed E-state index contributed by atoms with van der Waals surface area (Å²) in [5.74, 6) is 1.01. The van der Waals surface area contributed by atoms with Crippen LogP contribution in [0.5, 0.6) is 0 Å². The third-order valence-corrected chi connectivity index (χ3v) is 5.92.